The molecular formula is C14H17BrF3NO. The van der Waals surface area contributed by atoms with Crippen molar-refractivity contribution in [1.29, 1.82) is 0 Å². The Morgan fingerprint density at radius 2 is 1.75 bits per heavy atom. The number of hydrogen-bond donors (Lipinski definition) is 0. The van der Waals surface area contributed by atoms with E-state index < -0.39 is 11.7 Å². The van der Waals surface area contributed by atoms with Crippen LogP contribution in [-0.4, -0.2) is 23.9 Å². The van der Waals surface area contributed by atoms with Crippen molar-refractivity contribution in [2.75, 3.05) is 13.1 Å². The van der Waals surface area contributed by atoms with Crippen LogP contribution in [0.15, 0.2) is 22.7 Å². The summed E-state index contributed by atoms with van der Waals surface area (Å²) in [6, 6.07) is 3.14. The summed E-state index contributed by atoms with van der Waals surface area (Å²) < 4.78 is 38.5. The Kier molecular flexibility index (Phi) is 6.05. The number of carbonyl (C=O) groups is 1. The van der Waals surface area contributed by atoms with Crippen LogP contribution in [0.5, 0.6) is 0 Å². The molecule has 0 aliphatic carbocycles. The third kappa shape index (κ3) is 4.23. The van der Waals surface area contributed by atoms with Gasteiger partial charge in [-0.3, -0.25) is 4.79 Å². The molecule has 0 saturated carbocycles. The van der Waals surface area contributed by atoms with E-state index in [9.17, 15) is 18.0 Å². The average molecular weight is 352 g/mol. The second-order valence-electron chi connectivity index (χ2n) is 4.48. The van der Waals surface area contributed by atoms with E-state index in [1.165, 1.54) is 6.07 Å². The summed E-state index contributed by atoms with van der Waals surface area (Å²) in [6.45, 7) is 4.93. The molecular weight excluding hydrogens is 335 g/mol. The van der Waals surface area contributed by atoms with Crippen LogP contribution in [0.4, 0.5) is 13.2 Å². The lowest BCUT2D eigenvalue weighted by Crippen LogP contribution is -2.32. The molecule has 1 rings (SSSR count). The van der Waals surface area contributed by atoms with Crippen LogP contribution in [0.25, 0.3) is 0 Å². The lowest BCUT2D eigenvalue weighted by Gasteiger charge is -2.22. The summed E-state index contributed by atoms with van der Waals surface area (Å²) in [4.78, 5) is 13.9. The third-order valence-electron chi connectivity index (χ3n) is 2.80. The Hall–Kier alpha value is -1.04. The average Bonchev–Trinajstić information content (AvgIpc) is 2.37. The molecule has 0 radical (unpaired) electrons. The maximum atomic E-state index is 12.7. The normalized spacial score (nSPS) is 11.5. The van der Waals surface area contributed by atoms with Gasteiger partial charge in [0.15, 0.2) is 0 Å². The number of hydrogen-bond acceptors (Lipinski definition) is 1. The van der Waals surface area contributed by atoms with Gasteiger partial charge in [0.05, 0.1) is 11.1 Å². The summed E-state index contributed by atoms with van der Waals surface area (Å²) >= 11 is 3.15. The van der Waals surface area contributed by atoms with Crippen LogP contribution < -0.4 is 0 Å². The van der Waals surface area contributed by atoms with E-state index in [2.05, 4.69) is 15.9 Å². The lowest BCUT2D eigenvalue weighted by atomic mass is 10.1. The van der Waals surface area contributed by atoms with Crippen molar-refractivity contribution < 1.29 is 18.0 Å². The van der Waals surface area contributed by atoms with E-state index >= 15 is 0 Å². The van der Waals surface area contributed by atoms with Gasteiger partial charge >= 0.3 is 6.18 Å². The molecule has 6 heteroatoms. The molecule has 1 aromatic carbocycles. The van der Waals surface area contributed by atoms with Crippen molar-refractivity contribution >= 4 is 21.8 Å². The van der Waals surface area contributed by atoms with E-state index in [0.29, 0.717) is 17.6 Å². The first-order valence-corrected chi connectivity index (χ1v) is 7.26. The molecule has 0 saturated heterocycles. The molecule has 0 aliphatic heterocycles. The smallest absolute Gasteiger partial charge is 0.339 e. The van der Waals surface area contributed by atoms with Gasteiger partial charge in [-0.15, -0.1) is 0 Å². The molecule has 0 N–H and O–H groups in total. The van der Waals surface area contributed by atoms with Crippen molar-refractivity contribution in [3.63, 3.8) is 0 Å². The topological polar surface area (TPSA) is 20.3 Å². The van der Waals surface area contributed by atoms with Gasteiger partial charge in [-0.1, -0.05) is 13.8 Å². The second kappa shape index (κ2) is 7.11. The molecule has 0 aromatic heterocycles. The summed E-state index contributed by atoms with van der Waals surface area (Å²) in [5.74, 6) is -0.369. The number of nitrogens with zero attached hydrogens (tertiary/aromatic N) is 1. The molecule has 0 aliphatic rings. The van der Waals surface area contributed by atoms with Gasteiger partial charge in [0.25, 0.3) is 5.91 Å². The Bertz CT molecular complexity index is 468. The van der Waals surface area contributed by atoms with Crippen molar-refractivity contribution in [2.45, 2.75) is 32.9 Å². The number of rotatable bonds is 5. The fourth-order valence-corrected chi connectivity index (χ4v) is 2.31. The first kappa shape index (κ1) is 17.0. The standard InChI is InChI=1S/C14H17BrF3NO/c1-3-7-19(8-4-2)13(20)11-9-10(14(16,17)18)5-6-12(11)15/h5-6,9H,3-4,7-8H2,1-2H3. The summed E-state index contributed by atoms with van der Waals surface area (Å²) in [5.41, 5.74) is -0.751. The minimum absolute atomic E-state index is 0.0572. The van der Waals surface area contributed by atoms with Gasteiger partial charge in [0.2, 0.25) is 0 Å². The molecule has 0 spiro atoms. The summed E-state index contributed by atoms with van der Waals surface area (Å²) in [5, 5.41) is 0. The maximum absolute atomic E-state index is 12.7. The molecule has 0 atom stereocenters. The van der Waals surface area contributed by atoms with E-state index in [0.717, 1.165) is 25.0 Å². The SMILES string of the molecule is CCCN(CCC)C(=O)c1cc(C(F)(F)F)ccc1Br. The van der Waals surface area contributed by atoms with Crippen molar-refractivity contribution in [3.8, 4) is 0 Å². The van der Waals surface area contributed by atoms with Crippen molar-refractivity contribution in [3.05, 3.63) is 33.8 Å². The minimum Gasteiger partial charge on any atom is -0.339 e. The largest absolute Gasteiger partial charge is 0.416 e. The Balaban J connectivity index is 3.13. The predicted octanol–water partition coefficient (Wildman–Crippen LogP) is 4.73. The third-order valence-corrected chi connectivity index (χ3v) is 3.49. The predicted molar refractivity (Wildman–Crippen MR) is 75.6 cm³/mol. The van der Waals surface area contributed by atoms with E-state index in [-0.39, 0.29) is 11.5 Å². The summed E-state index contributed by atoms with van der Waals surface area (Å²) in [6.07, 6.45) is -2.92. The number of halogens is 4. The zero-order chi connectivity index (χ0) is 15.3. The fourth-order valence-electron chi connectivity index (χ4n) is 1.89. The quantitative estimate of drug-likeness (QED) is 0.750. The highest BCUT2D eigenvalue weighted by atomic mass is 79.9. The molecule has 20 heavy (non-hydrogen) atoms. The summed E-state index contributed by atoms with van der Waals surface area (Å²) in [7, 11) is 0. The first-order chi connectivity index (χ1) is 9.31. The highest BCUT2D eigenvalue weighted by Crippen LogP contribution is 2.32. The molecule has 0 heterocycles. The van der Waals surface area contributed by atoms with Gasteiger partial charge in [0, 0.05) is 17.6 Å². The highest BCUT2D eigenvalue weighted by molar-refractivity contribution is 9.10. The number of carbonyl (C=O) groups excluding carboxylic acids is 1. The first-order valence-electron chi connectivity index (χ1n) is 6.47. The molecule has 2 nitrogen and oxygen atoms in total. The number of alkyl halides is 3. The molecule has 0 unspecified atom stereocenters. The Labute approximate surface area is 125 Å². The monoisotopic (exact) mass is 351 g/mol. The van der Waals surface area contributed by atoms with Gasteiger partial charge < -0.3 is 4.90 Å². The number of amides is 1. The van der Waals surface area contributed by atoms with Gasteiger partial charge in [-0.2, -0.15) is 13.2 Å². The van der Waals surface area contributed by atoms with Gasteiger partial charge in [0.1, 0.15) is 0 Å². The van der Waals surface area contributed by atoms with Crippen LogP contribution in [0.2, 0.25) is 0 Å². The minimum atomic E-state index is -4.45. The van der Waals surface area contributed by atoms with E-state index in [1.54, 1.807) is 4.90 Å². The van der Waals surface area contributed by atoms with E-state index in [4.69, 9.17) is 0 Å². The molecule has 1 amide bonds. The Morgan fingerprint density at radius 3 is 2.20 bits per heavy atom. The van der Waals surface area contributed by atoms with Crippen LogP contribution in [0.3, 0.4) is 0 Å². The van der Waals surface area contributed by atoms with Crippen LogP contribution in [-0.2, 0) is 6.18 Å². The Morgan fingerprint density at radius 1 is 1.20 bits per heavy atom. The zero-order valence-corrected chi connectivity index (χ0v) is 13.0. The second-order valence-corrected chi connectivity index (χ2v) is 5.34. The van der Waals surface area contributed by atoms with Crippen LogP contribution in [0, 0.1) is 0 Å². The van der Waals surface area contributed by atoms with Crippen LogP contribution in [0.1, 0.15) is 42.6 Å². The van der Waals surface area contributed by atoms with Crippen molar-refractivity contribution in [2.24, 2.45) is 0 Å². The molecule has 112 valence electrons. The van der Waals surface area contributed by atoms with Crippen LogP contribution >= 0.6 is 15.9 Å². The van der Waals surface area contributed by atoms with Crippen molar-refractivity contribution in [1.82, 2.24) is 4.90 Å². The highest BCUT2D eigenvalue weighted by Gasteiger charge is 2.32. The number of benzene rings is 1. The fraction of sp³-hybridized carbons (Fsp3) is 0.500. The van der Waals surface area contributed by atoms with Gasteiger partial charge in [-0.25, -0.2) is 0 Å². The van der Waals surface area contributed by atoms with E-state index in [1.807, 2.05) is 13.8 Å². The lowest BCUT2D eigenvalue weighted by molar-refractivity contribution is -0.137. The zero-order valence-electron chi connectivity index (χ0n) is 11.4. The maximum Gasteiger partial charge on any atom is 0.416 e. The van der Waals surface area contributed by atoms with Gasteiger partial charge in [-0.05, 0) is 47.0 Å². The molecule has 1 aromatic rings. The molecule has 0 fully saturated rings. The molecule has 0 bridgehead atoms.